The van der Waals surface area contributed by atoms with E-state index in [1.165, 1.54) is 5.56 Å². The molecule has 1 aliphatic heterocycles. The maximum Gasteiger partial charge on any atom is 0.208 e. The van der Waals surface area contributed by atoms with Crippen molar-refractivity contribution in [3.05, 3.63) is 34.9 Å². The van der Waals surface area contributed by atoms with Gasteiger partial charge in [-0.3, -0.25) is 0 Å². The minimum atomic E-state index is 0.741. The van der Waals surface area contributed by atoms with Gasteiger partial charge in [0.1, 0.15) is 0 Å². The van der Waals surface area contributed by atoms with Crippen molar-refractivity contribution in [2.24, 2.45) is 4.99 Å². The average molecular weight is 252 g/mol. The van der Waals surface area contributed by atoms with E-state index in [0.717, 1.165) is 29.0 Å². The van der Waals surface area contributed by atoms with Crippen molar-refractivity contribution in [3.8, 4) is 6.19 Å². The van der Waals surface area contributed by atoms with Gasteiger partial charge in [0.2, 0.25) is 6.19 Å². The molecule has 0 amide bonds. The van der Waals surface area contributed by atoms with Gasteiger partial charge < -0.3 is 4.90 Å². The van der Waals surface area contributed by atoms with Crippen LogP contribution in [0, 0.1) is 11.5 Å². The molecule has 16 heavy (non-hydrogen) atoms. The molecular formula is C11H10ClN3S. The molecule has 1 aromatic carbocycles. The molecule has 1 saturated heterocycles. The quantitative estimate of drug-likeness (QED) is 0.759. The molecule has 0 saturated carbocycles. The van der Waals surface area contributed by atoms with Crippen LogP contribution in [0.3, 0.4) is 0 Å². The molecule has 0 aromatic heterocycles. The van der Waals surface area contributed by atoms with Gasteiger partial charge in [-0.25, -0.2) is 0 Å². The summed E-state index contributed by atoms with van der Waals surface area (Å²) in [5, 5.41) is 10.1. The zero-order valence-electron chi connectivity index (χ0n) is 8.56. The number of hydrogen-bond acceptors (Lipinski definition) is 3. The minimum absolute atomic E-state index is 0.741. The number of halogens is 1. The molecule has 5 heteroatoms. The third-order valence-electron chi connectivity index (χ3n) is 2.30. The second kappa shape index (κ2) is 5.24. The van der Waals surface area contributed by atoms with E-state index in [1.807, 2.05) is 30.5 Å². The van der Waals surface area contributed by atoms with Crippen LogP contribution in [0.15, 0.2) is 29.3 Å². The van der Waals surface area contributed by atoms with E-state index in [-0.39, 0.29) is 0 Å². The van der Waals surface area contributed by atoms with E-state index < -0.39 is 0 Å². The van der Waals surface area contributed by atoms with Crippen molar-refractivity contribution in [1.82, 2.24) is 4.90 Å². The van der Waals surface area contributed by atoms with Crippen LogP contribution in [0.5, 0.6) is 0 Å². The fourth-order valence-electron chi connectivity index (χ4n) is 1.54. The summed E-state index contributed by atoms with van der Waals surface area (Å²) in [6, 6.07) is 7.74. The van der Waals surface area contributed by atoms with Crippen molar-refractivity contribution in [1.29, 1.82) is 5.26 Å². The van der Waals surface area contributed by atoms with Gasteiger partial charge in [-0.15, -0.1) is 4.99 Å². The van der Waals surface area contributed by atoms with Crippen LogP contribution in [0.2, 0.25) is 5.02 Å². The Morgan fingerprint density at radius 1 is 1.44 bits per heavy atom. The number of nitriles is 1. The number of aliphatic imine (C=N–C) groups is 1. The Labute approximate surface area is 104 Å². The summed E-state index contributed by atoms with van der Waals surface area (Å²) in [6.45, 7) is 1.72. The van der Waals surface area contributed by atoms with E-state index >= 15 is 0 Å². The van der Waals surface area contributed by atoms with E-state index in [4.69, 9.17) is 16.9 Å². The summed E-state index contributed by atoms with van der Waals surface area (Å²) in [5.41, 5.74) is 1.18. The highest BCUT2D eigenvalue weighted by Gasteiger charge is 2.19. The van der Waals surface area contributed by atoms with E-state index in [2.05, 4.69) is 9.89 Å². The molecule has 1 heterocycles. The Hall–Kier alpha value is -1.18. The largest absolute Gasteiger partial charge is 0.345 e. The summed E-state index contributed by atoms with van der Waals surface area (Å²) < 4.78 is 0. The zero-order chi connectivity index (χ0) is 11.4. The third-order valence-corrected chi connectivity index (χ3v) is 3.54. The van der Waals surface area contributed by atoms with Crippen molar-refractivity contribution < 1.29 is 0 Å². The SMILES string of the molecule is N#C/N=C1\SCCN1Cc1ccc(Cl)cc1. The predicted octanol–water partition coefficient (Wildman–Crippen LogP) is 2.73. The number of thioether (sulfide) groups is 1. The monoisotopic (exact) mass is 251 g/mol. The molecule has 0 atom stereocenters. The minimum Gasteiger partial charge on any atom is -0.345 e. The number of nitrogens with zero attached hydrogens (tertiary/aromatic N) is 3. The number of rotatable bonds is 2. The molecule has 1 aliphatic rings. The van der Waals surface area contributed by atoms with Gasteiger partial charge >= 0.3 is 0 Å². The van der Waals surface area contributed by atoms with E-state index in [0.29, 0.717) is 0 Å². The molecule has 0 N–H and O–H groups in total. The second-order valence-electron chi connectivity index (χ2n) is 3.39. The van der Waals surface area contributed by atoms with Crippen molar-refractivity contribution >= 4 is 28.5 Å². The number of amidine groups is 1. The summed E-state index contributed by atoms with van der Waals surface area (Å²) in [7, 11) is 0. The lowest BCUT2D eigenvalue weighted by atomic mass is 10.2. The standard InChI is InChI=1S/C11H10ClN3S/c12-10-3-1-9(2-4-10)7-15-5-6-16-11(15)14-8-13/h1-4H,5-7H2/b14-11-. The summed E-state index contributed by atoms with van der Waals surface area (Å²) >= 11 is 7.45. The molecule has 0 unspecified atom stereocenters. The first-order valence-corrected chi connectivity index (χ1v) is 6.25. The Bertz CT molecular complexity index is 436. The Balaban J connectivity index is 2.07. The van der Waals surface area contributed by atoms with Gasteiger partial charge in [0.25, 0.3) is 0 Å². The first-order chi connectivity index (χ1) is 7.79. The lowest BCUT2D eigenvalue weighted by Gasteiger charge is -2.16. The number of benzene rings is 1. The highest BCUT2D eigenvalue weighted by Crippen LogP contribution is 2.21. The first-order valence-electron chi connectivity index (χ1n) is 4.88. The lowest BCUT2D eigenvalue weighted by molar-refractivity contribution is 0.457. The number of hydrogen-bond donors (Lipinski definition) is 0. The fraction of sp³-hybridized carbons (Fsp3) is 0.273. The molecule has 1 fully saturated rings. The second-order valence-corrected chi connectivity index (χ2v) is 4.89. The van der Waals surface area contributed by atoms with Crippen LogP contribution in [0.1, 0.15) is 5.56 Å². The van der Waals surface area contributed by atoms with Crippen LogP contribution in [0.25, 0.3) is 0 Å². The van der Waals surface area contributed by atoms with Gasteiger partial charge in [0.15, 0.2) is 5.17 Å². The predicted molar refractivity (Wildman–Crippen MR) is 67.4 cm³/mol. The molecular weight excluding hydrogens is 242 g/mol. The van der Waals surface area contributed by atoms with E-state index in [1.54, 1.807) is 11.8 Å². The summed E-state index contributed by atoms with van der Waals surface area (Å²) in [4.78, 5) is 5.91. The highest BCUT2D eigenvalue weighted by atomic mass is 35.5. The van der Waals surface area contributed by atoms with Gasteiger partial charge in [0.05, 0.1) is 0 Å². The third kappa shape index (κ3) is 2.69. The van der Waals surface area contributed by atoms with E-state index in [9.17, 15) is 0 Å². The van der Waals surface area contributed by atoms with Gasteiger partial charge in [-0.2, -0.15) is 5.26 Å². The highest BCUT2D eigenvalue weighted by molar-refractivity contribution is 8.14. The van der Waals surface area contributed by atoms with Crippen LogP contribution >= 0.6 is 23.4 Å². The smallest absolute Gasteiger partial charge is 0.208 e. The zero-order valence-corrected chi connectivity index (χ0v) is 10.1. The molecule has 1 aromatic rings. The van der Waals surface area contributed by atoms with Crippen molar-refractivity contribution in [2.75, 3.05) is 12.3 Å². The average Bonchev–Trinajstić information content (AvgIpc) is 2.70. The van der Waals surface area contributed by atoms with Gasteiger partial charge in [-0.05, 0) is 17.7 Å². The normalized spacial score (nSPS) is 17.8. The Kier molecular flexibility index (Phi) is 3.70. The van der Waals surface area contributed by atoms with Crippen LogP contribution in [-0.4, -0.2) is 22.4 Å². The molecule has 0 aliphatic carbocycles. The first kappa shape index (κ1) is 11.3. The maximum absolute atomic E-state index is 8.55. The van der Waals surface area contributed by atoms with Crippen LogP contribution < -0.4 is 0 Å². The van der Waals surface area contributed by atoms with Crippen molar-refractivity contribution in [2.45, 2.75) is 6.54 Å². The van der Waals surface area contributed by atoms with Gasteiger partial charge in [-0.1, -0.05) is 35.5 Å². The summed E-state index contributed by atoms with van der Waals surface area (Å²) in [5.74, 6) is 0.994. The molecule has 3 nitrogen and oxygen atoms in total. The van der Waals surface area contributed by atoms with Crippen LogP contribution in [-0.2, 0) is 6.54 Å². The molecule has 0 spiro atoms. The Morgan fingerprint density at radius 3 is 2.88 bits per heavy atom. The Morgan fingerprint density at radius 2 is 2.19 bits per heavy atom. The summed E-state index contributed by atoms with van der Waals surface area (Å²) in [6.07, 6.45) is 1.84. The molecule has 0 bridgehead atoms. The fourth-order valence-corrected chi connectivity index (χ4v) is 2.60. The maximum atomic E-state index is 8.55. The van der Waals surface area contributed by atoms with Crippen molar-refractivity contribution in [3.63, 3.8) is 0 Å². The molecule has 2 rings (SSSR count). The topological polar surface area (TPSA) is 39.4 Å². The lowest BCUT2D eigenvalue weighted by Crippen LogP contribution is -2.23. The molecule has 0 radical (unpaired) electrons. The van der Waals surface area contributed by atoms with Crippen LogP contribution in [0.4, 0.5) is 0 Å². The van der Waals surface area contributed by atoms with Gasteiger partial charge in [0, 0.05) is 23.9 Å². The molecule has 82 valence electrons.